The molecule has 0 heterocycles. The third kappa shape index (κ3) is 5.74. The Bertz CT molecular complexity index is 1210. The summed E-state index contributed by atoms with van der Waals surface area (Å²) in [6.45, 7) is 26.3. The first-order valence-corrected chi connectivity index (χ1v) is 12.3. The van der Waals surface area contributed by atoms with Gasteiger partial charge >= 0.3 is 0 Å². The van der Waals surface area contributed by atoms with Crippen LogP contribution in [0.4, 0.5) is 0 Å². The summed E-state index contributed by atoms with van der Waals surface area (Å²) in [7, 11) is 0. The maximum atomic E-state index is 10.0. The Morgan fingerprint density at radius 1 is 1.00 bits per heavy atom. The lowest BCUT2D eigenvalue weighted by atomic mass is 9.81. The number of nitrogens with zero attached hydrogens (tertiary/aromatic N) is 2. The average Bonchev–Trinajstić information content (AvgIpc) is 2.79. The van der Waals surface area contributed by atoms with E-state index < -0.39 is 0 Å². The minimum atomic E-state index is 0.473. The van der Waals surface area contributed by atoms with E-state index in [4.69, 9.17) is 11.6 Å². The molecule has 0 radical (unpaired) electrons. The van der Waals surface area contributed by atoms with Crippen LogP contribution in [-0.4, -0.2) is 5.71 Å². The molecule has 0 spiro atoms. The number of thiol groups is 1. The number of benzene rings is 2. The molecule has 0 unspecified atom stereocenters. The van der Waals surface area contributed by atoms with Gasteiger partial charge in [-0.3, -0.25) is 0 Å². The number of hydrogen-bond donors (Lipinski definition) is 1. The van der Waals surface area contributed by atoms with Crippen LogP contribution in [0.1, 0.15) is 73.6 Å². The highest BCUT2D eigenvalue weighted by molar-refractivity contribution is 7.84. The Labute approximate surface area is 217 Å². The fraction of sp³-hybridized carbons (Fsp3) is 0.333. The van der Waals surface area contributed by atoms with Crippen molar-refractivity contribution >= 4 is 35.5 Å². The number of halogens is 1. The standard InChI is InChI=1S/C28H33ClN2S.C2H4/c1-10-21-22(11-2)27(28(29)18(7)25(21)19(8)31-20(9)32)23-13-12-16(5)17(6)26(23)24(14-30)15(3)4;1-2/h12-13,32H,9-11H2,1-8H3;1-2H2/b31-19-;. The van der Waals surface area contributed by atoms with Gasteiger partial charge in [-0.05, 0) is 87.8 Å². The van der Waals surface area contributed by atoms with Gasteiger partial charge in [0, 0.05) is 22.4 Å². The molecule has 4 heteroatoms. The summed E-state index contributed by atoms with van der Waals surface area (Å²) in [4.78, 5) is 4.52. The van der Waals surface area contributed by atoms with Gasteiger partial charge in [-0.15, -0.1) is 25.8 Å². The highest BCUT2D eigenvalue weighted by Gasteiger charge is 2.25. The second-order valence-electron chi connectivity index (χ2n) is 8.38. The van der Waals surface area contributed by atoms with Crippen molar-refractivity contribution in [3.63, 3.8) is 0 Å². The first-order chi connectivity index (χ1) is 16.0. The predicted molar refractivity (Wildman–Crippen MR) is 155 cm³/mol. The predicted octanol–water partition coefficient (Wildman–Crippen LogP) is 9.39. The van der Waals surface area contributed by atoms with Gasteiger partial charge in [-0.25, -0.2) is 4.99 Å². The molecule has 0 saturated heterocycles. The first kappa shape index (κ1) is 29.5. The van der Waals surface area contributed by atoms with Crippen molar-refractivity contribution in [3.05, 3.63) is 86.4 Å². The van der Waals surface area contributed by atoms with E-state index in [9.17, 15) is 5.26 Å². The molecule has 0 fully saturated rings. The van der Waals surface area contributed by atoms with Crippen molar-refractivity contribution < 1.29 is 0 Å². The quantitative estimate of drug-likeness (QED) is 0.185. The van der Waals surface area contributed by atoms with Crippen molar-refractivity contribution in [2.75, 3.05) is 0 Å². The molecule has 0 aromatic heterocycles. The van der Waals surface area contributed by atoms with Crippen LogP contribution in [0.25, 0.3) is 16.7 Å². The number of nitriles is 1. The second kappa shape index (κ2) is 12.8. The molecule has 2 aromatic carbocycles. The minimum Gasteiger partial charge on any atom is -0.247 e. The highest BCUT2D eigenvalue weighted by atomic mass is 35.5. The molecule has 0 bridgehead atoms. The maximum absolute atomic E-state index is 10.0. The minimum absolute atomic E-state index is 0.473. The zero-order valence-electron chi connectivity index (χ0n) is 21.9. The zero-order valence-corrected chi connectivity index (χ0v) is 23.6. The first-order valence-electron chi connectivity index (χ1n) is 11.5. The molecule has 2 nitrogen and oxygen atoms in total. The molecule has 34 heavy (non-hydrogen) atoms. The van der Waals surface area contributed by atoms with Crippen LogP contribution in [0, 0.1) is 32.1 Å². The van der Waals surface area contributed by atoms with Gasteiger partial charge < -0.3 is 0 Å². The van der Waals surface area contributed by atoms with Crippen LogP contribution in [-0.2, 0) is 12.8 Å². The number of allylic oxidation sites excluding steroid dienone is 2. The number of aliphatic imine (C=N–C) groups is 1. The molecule has 2 aromatic rings. The molecule has 0 aliphatic rings. The van der Waals surface area contributed by atoms with E-state index in [0.717, 1.165) is 63.1 Å². The van der Waals surface area contributed by atoms with Crippen molar-refractivity contribution in [3.8, 4) is 17.2 Å². The van der Waals surface area contributed by atoms with Gasteiger partial charge in [0.1, 0.15) is 0 Å². The summed E-state index contributed by atoms with van der Waals surface area (Å²) in [5, 5.41) is 11.2. The summed E-state index contributed by atoms with van der Waals surface area (Å²) in [6, 6.07) is 6.69. The van der Waals surface area contributed by atoms with E-state index >= 15 is 0 Å². The SMILES string of the molecule is C=C.C=C(S)/N=C(/C)c1c(C)c(Cl)c(-c2ccc(C)c(C)c2C(C#N)=C(C)C)c(CC)c1CC. The molecule has 0 atom stereocenters. The summed E-state index contributed by atoms with van der Waals surface area (Å²) < 4.78 is 0. The van der Waals surface area contributed by atoms with Crippen molar-refractivity contribution in [2.45, 2.75) is 68.2 Å². The monoisotopic (exact) mass is 492 g/mol. The lowest BCUT2D eigenvalue weighted by Crippen LogP contribution is -2.11. The van der Waals surface area contributed by atoms with Gasteiger partial charge in [-0.1, -0.05) is 49.7 Å². The van der Waals surface area contributed by atoms with Crippen LogP contribution < -0.4 is 0 Å². The molecular weight excluding hydrogens is 456 g/mol. The summed E-state index contributed by atoms with van der Waals surface area (Å²) in [6.07, 6.45) is 1.67. The highest BCUT2D eigenvalue weighted by Crippen LogP contribution is 2.44. The van der Waals surface area contributed by atoms with E-state index in [1.807, 2.05) is 27.7 Å². The van der Waals surface area contributed by atoms with E-state index in [1.54, 1.807) is 0 Å². The fourth-order valence-corrected chi connectivity index (χ4v) is 4.98. The molecule has 180 valence electrons. The number of aryl methyl sites for hydroxylation is 1. The molecule has 0 aliphatic heterocycles. The lowest BCUT2D eigenvalue weighted by Gasteiger charge is -2.25. The topological polar surface area (TPSA) is 36.1 Å². The van der Waals surface area contributed by atoms with E-state index in [-0.39, 0.29) is 0 Å². The number of hydrogen-bond acceptors (Lipinski definition) is 3. The largest absolute Gasteiger partial charge is 0.247 e. The maximum Gasteiger partial charge on any atom is 0.0997 e. The molecule has 0 aliphatic carbocycles. The Balaban J connectivity index is 0.00000281. The zero-order chi connectivity index (χ0) is 26.3. The summed E-state index contributed by atoms with van der Waals surface area (Å²) >= 11 is 11.4. The Hall–Kier alpha value is -2.54. The Morgan fingerprint density at radius 2 is 1.56 bits per heavy atom. The molecule has 0 N–H and O–H groups in total. The smallest absolute Gasteiger partial charge is 0.0997 e. The van der Waals surface area contributed by atoms with Crippen LogP contribution >= 0.6 is 24.2 Å². The Kier molecular flexibility index (Phi) is 11.1. The third-order valence-corrected chi connectivity index (χ3v) is 6.70. The number of rotatable bonds is 6. The van der Waals surface area contributed by atoms with Gasteiger partial charge in [0.15, 0.2) is 0 Å². The summed E-state index contributed by atoms with van der Waals surface area (Å²) in [5.41, 5.74) is 12.4. The van der Waals surface area contributed by atoms with Gasteiger partial charge in [0.05, 0.1) is 21.7 Å². The third-order valence-electron chi connectivity index (χ3n) is 6.12. The normalized spacial score (nSPS) is 10.8. The van der Waals surface area contributed by atoms with E-state index in [2.05, 4.69) is 83.3 Å². The molecular formula is C30H37ClN2S. The van der Waals surface area contributed by atoms with Gasteiger partial charge in [0.2, 0.25) is 0 Å². The van der Waals surface area contributed by atoms with Crippen molar-refractivity contribution in [1.82, 2.24) is 0 Å². The van der Waals surface area contributed by atoms with Crippen LogP contribution in [0.5, 0.6) is 0 Å². The van der Waals surface area contributed by atoms with Crippen LogP contribution in [0.15, 0.2) is 47.5 Å². The summed E-state index contributed by atoms with van der Waals surface area (Å²) in [5.74, 6) is 0. The van der Waals surface area contributed by atoms with E-state index in [1.165, 1.54) is 11.1 Å². The van der Waals surface area contributed by atoms with Crippen LogP contribution in [0.3, 0.4) is 0 Å². The molecule has 0 saturated carbocycles. The fourth-order valence-electron chi connectivity index (χ4n) is 4.52. The molecule has 0 amide bonds. The van der Waals surface area contributed by atoms with Gasteiger partial charge in [-0.2, -0.15) is 5.26 Å². The molecule has 2 rings (SSSR count). The second-order valence-corrected chi connectivity index (χ2v) is 9.28. The lowest BCUT2D eigenvalue weighted by molar-refractivity contribution is 1.03. The van der Waals surface area contributed by atoms with Crippen molar-refractivity contribution in [2.24, 2.45) is 4.99 Å². The van der Waals surface area contributed by atoms with E-state index in [0.29, 0.717) is 15.6 Å². The van der Waals surface area contributed by atoms with Crippen LogP contribution in [0.2, 0.25) is 5.02 Å². The average molecular weight is 493 g/mol. The van der Waals surface area contributed by atoms with Crippen molar-refractivity contribution in [1.29, 1.82) is 5.26 Å². The van der Waals surface area contributed by atoms with Gasteiger partial charge in [0.25, 0.3) is 0 Å². The Morgan fingerprint density at radius 3 is 2.00 bits per heavy atom.